The minimum atomic E-state index is -3.63. The van der Waals surface area contributed by atoms with Gasteiger partial charge in [0.05, 0.1) is 0 Å². The molecular weight excluding hydrogens is 438 g/mol. The molecule has 0 saturated carbocycles. The first kappa shape index (κ1) is 23.8. The molecule has 1 amide bonds. The summed E-state index contributed by atoms with van der Waals surface area (Å²) in [6.45, 7) is 6.01. The molecule has 170 valence electrons. The van der Waals surface area contributed by atoms with Crippen molar-refractivity contribution >= 4 is 27.5 Å². The molecule has 0 radical (unpaired) electrons. The molecule has 3 rings (SSSR count). The van der Waals surface area contributed by atoms with Gasteiger partial charge in [-0.2, -0.15) is 4.31 Å². The SMILES string of the molecule is CCN(CC)S(=O)(=O)c1cc(C(=O)NCC2(c3ccc(Cl)cc3)CCOCC2)n(C)c1. The van der Waals surface area contributed by atoms with Crippen LogP contribution in [0.4, 0.5) is 0 Å². The van der Waals surface area contributed by atoms with E-state index in [1.54, 1.807) is 25.5 Å². The maximum atomic E-state index is 13.0. The Morgan fingerprint density at radius 3 is 2.39 bits per heavy atom. The number of aromatic nitrogens is 1. The maximum Gasteiger partial charge on any atom is 0.267 e. The Morgan fingerprint density at radius 2 is 1.81 bits per heavy atom. The van der Waals surface area contributed by atoms with Crippen molar-refractivity contribution in [3.05, 3.63) is 52.8 Å². The molecule has 1 aliphatic heterocycles. The van der Waals surface area contributed by atoms with Gasteiger partial charge in [-0.1, -0.05) is 37.6 Å². The molecule has 0 unspecified atom stereocenters. The van der Waals surface area contributed by atoms with Gasteiger partial charge in [0.1, 0.15) is 10.6 Å². The summed E-state index contributed by atoms with van der Waals surface area (Å²) in [7, 11) is -1.95. The summed E-state index contributed by atoms with van der Waals surface area (Å²) in [5.41, 5.74) is 1.17. The van der Waals surface area contributed by atoms with E-state index in [4.69, 9.17) is 16.3 Å². The van der Waals surface area contributed by atoms with Crippen LogP contribution in [-0.4, -0.2) is 56.0 Å². The van der Waals surface area contributed by atoms with E-state index in [-0.39, 0.29) is 16.2 Å². The summed E-state index contributed by atoms with van der Waals surface area (Å²) in [5.74, 6) is -0.302. The van der Waals surface area contributed by atoms with E-state index in [9.17, 15) is 13.2 Å². The summed E-state index contributed by atoms with van der Waals surface area (Å²) < 4.78 is 34.1. The lowest BCUT2D eigenvalue weighted by atomic mass is 9.74. The fraction of sp³-hybridized carbons (Fsp3) is 0.500. The predicted molar refractivity (Wildman–Crippen MR) is 121 cm³/mol. The first-order valence-corrected chi connectivity index (χ1v) is 12.3. The number of benzene rings is 1. The highest BCUT2D eigenvalue weighted by atomic mass is 35.5. The molecule has 0 atom stereocenters. The second-order valence-electron chi connectivity index (χ2n) is 7.84. The van der Waals surface area contributed by atoms with Crippen molar-refractivity contribution < 1.29 is 17.9 Å². The molecule has 0 bridgehead atoms. The number of nitrogens with one attached hydrogen (secondary N) is 1. The summed E-state index contributed by atoms with van der Waals surface area (Å²) in [5, 5.41) is 3.70. The van der Waals surface area contributed by atoms with Gasteiger partial charge in [-0.15, -0.1) is 0 Å². The van der Waals surface area contributed by atoms with Gasteiger partial charge in [0, 0.05) is 56.5 Å². The lowest BCUT2D eigenvalue weighted by Gasteiger charge is -2.38. The molecule has 1 saturated heterocycles. The van der Waals surface area contributed by atoms with Crippen molar-refractivity contribution in [1.29, 1.82) is 0 Å². The third-order valence-corrected chi connectivity index (χ3v) is 8.32. The Hall–Kier alpha value is -1.87. The second-order valence-corrected chi connectivity index (χ2v) is 10.2. The number of ether oxygens (including phenoxy) is 1. The third kappa shape index (κ3) is 4.98. The van der Waals surface area contributed by atoms with Crippen LogP contribution in [0.2, 0.25) is 5.02 Å². The van der Waals surface area contributed by atoms with Crippen LogP contribution in [0.25, 0.3) is 0 Å². The van der Waals surface area contributed by atoms with Crippen molar-refractivity contribution in [2.45, 2.75) is 37.0 Å². The Balaban J connectivity index is 1.81. The Kier molecular flexibility index (Phi) is 7.47. The molecule has 1 N–H and O–H groups in total. The fourth-order valence-electron chi connectivity index (χ4n) is 4.09. The molecule has 0 spiro atoms. The standard InChI is InChI=1S/C22H30ClN3O4S/c1-4-26(5-2)31(28,29)19-14-20(25(3)15-19)21(27)24-16-22(10-12-30-13-11-22)17-6-8-18(23)9-7-17/h6-9,14-15H,4-5,10-13,16H2,1-3H3,(H,24,27). The smallest absolute Gasteiger partial charge is 0.267 e. The second kappa shape index (κ2) is 9.73. The van der Waals surface area contributed by atoms with E-state index in [1.807, 2.05) is 24.3 Å². The number of amides is 1. The molecule has 2 heterocycles. The van der Waals surface area contributed by atoms with E-state index < -0.39 is 10.0 Å². The molecule has 2 aromatic rings. The Morgan fingerprint density at radius 1 is 1.19 bits per heavy atom. The first-order valence-electron chi connectivity index (χ1n) is 10.5. The van der Waals surface area contributed by atoms with Crippen molar-refractivity contribution in [3.63, 3.8) is 0 Å². The van der Waals surface area contributed by atoms with Crippen molar-refractivity contribution in [3.8, 4) is 0 Å². The van der Waals surface area contributed by atoms with Crippen LogP contribution < -0.4 is 5.32 Å². The number of hydrogen-bond acceptors (Lipinski definition) is 4. The van der Waals surface area contributed by atoms with Crippen LogP contribution in [0.3, 0.4) is 0 Å². The number of nitrogens with zero attached hydrogens (tertiary/aromatic N) is 2. The zero-order chi connectivity index (χ0) is 22.6. The quantitative estimate of drug-likeness (QED) is 0.646. The van der Waals surface area contributed by atoms with Crippen molar-refractivity contribution in [2.75, 3.05) is 32.8 Å². The largest absolute Gasteiger partial charge is 0.381 e. The normalized spacial score (nSPS) is 16.4. The fourth-order valence-corrected chi connectivity index (χ4v) is 5.74. The highest BCUT2D eigenvalue weighted by Gasteiger charge is 2.35. The molecule has 9 heteroatoms. The van der Waals surface area contributed by atoms with Gasteiger partial charge in [0.2, 0.25) is 10.0 Å². The number of halogens is 1. The average Bonchev–Trinajstić information content (AvgIpc) is 3.16. The summed E-state index contributed by atoms with van der Waals surface area (Å²) in [6, 6.07) is 9.16. The third-order valence-electron chi connectivity index (χ3n) is 6.05. The zero-order valence-corrected chi connectivity index (χ0v) is 19.8. The van der Waals surface area contributed by atoms with Gasteiger partial charge in [-0.3, -0.25) is 4.79 Å². The lowest BCUT2D eigenvalue weighted by molar-refractivity contribution is 0.0486. The Labute approximate surface area is 189 Å². The van der Waals surface area contributed by atoms with E-state index >= 15 is 0 Å². The Bertz CT molecular complexity index is 1010. The number of aryl methyl sites for hydroxylation is 1. The highest BCUT2D eigenvalue weighted by Crippen LogP contribution is 2.35. The van der Waals surface area contributed by atoms with Gasteiger partial charge in [0.25, 0.3) is 5.91 Å². The molecule has 31 heavy (non-hydrogen) atoms. The van der Waals surface area contributed by atoms with E-state index in [0.717, 1.165) is 18.4 Å². The number of rotatable bonds is 8. The minimum Gasteiger partial charge on any atom is -0.381 e. The van der Waals surface area contributed by atoms with Crippen LogP contribution in [-0.2, 0) is 27.2 Å². The van der Waals surface area contributed by atoms with E-state index in [1.165, 1.54) is 16.6 Å². The molecule has 1 aromatic carbocycles. The van der Waals surface area contributed by atoms with Gasteiger partial charge in [-0.25, -0.2) is 8.42 Å². The monoisotopic (exact) mass is 467 g/mol. The van der Waals surface area contributed by atoms with Crippen LogP contribution >= 0.6 is 11.6 Å². The van der Waals surface area contributed by atoms with E-state index in [0.29, 0.717) is 43.6 Å². The van der Waals surface area contributed by atoms with Crippen molar-refractivity contribution in [1.82, 2.24) is 14.2 Å². The zero-order valence-electron chi connectivity index (χ0n) is 18.2. The van der Waals surface area contributed by atoms with Crippen LogP contribution in [0.1, 0.15) is 42.7 Å². The molecule has 7 nitrogen and oxygen atoms in total. The summed E-state index contributed by atoms with van der Waals surface area (Å²) in [4.78, 5) is 13.1. The molecule has 1 aliphatic rings. The first-order chi connectivity index (χ1) is 14.7. The predicted octanol–water partition coefficient (Wildman–Crippen LogP) is 3.19. The lowest BCUT2D eigenvalue weighted by Crippen LogP contribution is -2.44. The van der Waals surface area contributed by atoms with E-state index in [2.05, 4.69) is 5.32 Å². The molecular formula is C22H30ClN3O4S. The number of hydrogen-bond donors (Lipinski definition) is 1. The number of carbonyl (C=O) groups is 1. The number of carbonyl (C=O) groups excluding carboxylic acids is 1. The summed E-state index contributed by atoms with van der Waals surface area (Å²) in [6.07, 6.45) is 3.05. The van der Waals surface area contributed by atoms with Crippen LogP contribution in [0.5, 0.6) is 0 Å². The van der Waals surface area contributed by atoms with Crippen molar-refractivity contribution in [2.24, 2.45) is 7.05 Å². The minimum absolute atomic E-state index is 0.127. The molecule has 1 fully saturated rings. The topological polar surface area (TPSA) is 80.6 Å². The van der Waals surface area contributed by atoms with Gasteiger partial charge in [-0.05, 0) is 36.6 Å². The maximum absolute atomic E-state index is 13.0. The van der Waals surface area contributed by atoms with Gasteiger partial charge in [0.15, 0.2) is 0 Å². The van der Waals surface area contributed by atoms with Gasteiger partial charge < -0.3 is 14.6 Å². The molecule has 1 aromatic heterocycles. The van der Waals surface area contributed by atoms with Crippen LogP contribution in [0, 0.1) is 0 Å². The number of sulfonamides is 1. The van der Waals surface area contributed by atoms with Crippen LogP contribution in [0.15, 0.2) is 41.4 Å². The highest BCUT2D eigenvalue weighted by molar-refractivity contribution is 7.89. The van der Waals surface area contributed by atoms with Gasteiger partial charge >= 0.3 is 0 Å². The average molecular weight is 468 g/mol. The molecule has 0 aliphatic carbocycles. The summed E-state index contributed by atoms with van der Waals surface area (Å²) >= 11 is 6.05.